The van der Waals surface area contributed by atoms with Gasteiger partial charge in [-0.3, -0.25) is 0 Å². The first-order valence-electron chi connectivity index (χ1n) is 8.98. The normalized spacial score (nSPS) is 13.6. The molecule has 1 aliphatic rings. The maximum atomic E-state index is 11.7. The van der Waals surface area contributed by atoms with Crippen LogP contribution >= 0.6 is 11.6 Å². The lowest BCUT2D eigenvalue weighted by atomic mass is 9.96. The third kappa shape index (κ3) is 3.60. The fourth-order valence-corrected chi connectivity index (χ4v) is 3.34. The lowest BCUT2D eigenvalue weighted by molar-refractivity contribution is 0.0698. The van der Waals surface area contributed by atoms with E-state index in [-0.39, 0.29) is 17.2 Å². The Morgan fingerprint density at radius 3 is 2.57 bits per heavy atom. The highest BCUT2D eigenvalue weighted by Crippen LogP contribution is 2.34. The van der Waals surface area contributed by atoms with Crippen LogP contribution in [0.1, 0.15) is 35.2 Å². The van der Waals surface area contributed by atoms with E-state index in [9.17, 15) is 15.2 Å². The summed E-state index contributed by atoms with van der Waals surface area (Å²) < 4.78 is 5.90. The average Bonchev–Trinajstić information content (AvgIpc) is 2.64. The molecular formula is C22H17ClN2O3. The van der Waals surface area contributed by atoms with E-state index in [0.717, 1.165) is 35.7 Å². The number of benzene rings is 3. The highest BCUT2D eigenvalue weighted by molar-refractivity contribution is 6.31. The molecule has 0 radical (unpaired) electrons. The number of hydrogen-bond donors (Lipinski definition) is 2. The summed E-state index contributed by atoms with van der Waals surface area (Å²) in [5, 5.41) is 24.8. The third-order valence-corrected chi connectivity index (χ3v) is 5.13. The van der Waals surface area contributed by atoms with Crippen molar-refractivity contribution >= 4 is 39.7 Å². The summed E-state index contributed by atoms with van der Waals surface area (Å²) in [6.07, 6.45) is 3.08. The second kappa shape index (κ2) is 7.41. The number of carboxylic acid groups (broad SMARTS) is 1. The predicted octanol–water partition coefficient (Wildman–Crippen LogP) is 5.74. The lowest BCUT2D eigenvalue weighted by Gasteiger charge is -2.27. The van der Waals surface area contributed by atoms with E-state index in [1.807, 2.05) is 42.5 Å². The maximum Gasteiger partial charge on any atom is 0.337 e. The molecule has 6 heteroatoms. The molecule has 0 aliphatic heterocycles. The molecule has 140 valence electrons. The van der Waals surface area contributed by atoms with E-state index in [1.165, 1.54) is 6.07 Å². The third-order valence-electron chi connectivity index (χ3n) is 4.90. The van der Waals surface area contributed by atoms with E-state index < -0.39 is 5.97 Å². The number of nitriles is 1. The van der Waals surface area contributed by atoms with Gasteiger partial charge in [-0.1, -0.05) is 23.7 Å². The lowest BCUT2D eigenvalue weighted by Crippen LogP contribution is -2.25. The van der Waals surface area contributed by atoms with Crippen molar-refractivity contribution in [2.75, 3.05) is 5.32 Å². The van der Waals surface area contributed by atoms with Crippen LogP contribution in [0.4, 0.5) is 11.4 Å². The Morgan fingerprint density at radius 1 is 1.14 bits per heavy atom. The molecule has 4 rings (SSSR count). The van der Waals surface area contributed by atoms with Crippen molar-refractivity contribution in [3.8, 4) is 11.8 Å². The van der Waals surface area contributed by atoms with E-state index >= 15 is 0 Å². The van der Waals surface area contributed by atoms with E-state index in [1.54, 1.807) is 6.07 Å². The Labute approximate surface area is 167 Å². The Hall–Kier alpha value is -3.23. The topological polar surface area (TPSA) is 82.4 Å². The largest absolute Gasteiger partial charge is 0.489 e. The second-order valence-electron chi connectivity index (χ2n) is 6.81. The van der Waals surface area contributed by atoms with Gasteiger partial charge >= 0.3 is 5.97 Å². The first-order chi connectivity index (χ1) is 13.5. The van der Waals surface area contributed by atoms with Gasteiger partial charge in [0.25, 0.3) is 0 Å². The molecule has 0 bridgehead atoms. The molecule has 3 aromatic rings. The molecule has 0 amide bonds. The maximum absolute atomic E-state index is 11.7. The van der Waals surface area contributed by atoms with Gasteiger partial charge in [-0.25, -0.2) is 4.79 Å². The fourth-order valence-electron chi connectivity index (χ4n) is 3.16. The molecule has 28 heavy (non-hydrogen) atoms. The summed E-state index contributed by atoms with van der Waals surface area (Å²) in [6.45, 7) is 0. The number of aromatic carboxylic acids is 1. The standard InChI is InChI=1S/C22H17ClN2O3/c23-16-6-4-14-9-17(7-5-13(14)8-16)25-20-11-21(28-18-2-1-3-18)15(12-24)10-19(20)22(26)27/h4-11,18,25H,1-3H2,(H,26,27). The summed E-state index contributed by atoms with van der Waals surface area (Å²) in [7, 11) is 0. The molecule has 1 fully saturated rings. The molecule has 0 unspecified atom stereocenters. The Bertz CT molecular complexity index is 1120. The molecule has 5 nitrogen and oxygen atoms in total. The van der Waals surface area contributed by atoms with Crippen LogP contribution in [-0.2, 0) is 0 Å². The first-order valence-corrected chi connectivity index (χ1v) is 9.36. The van der Waals surface area contributed by atoms with Crippen molar-refractivity contribution in [3.05, 3.63) is 64.7 Å². The van der Waals surface area contributed by atoms with Gasteiger partial charge < -0.3 is 15.2 Å². The van der Waals surface area contributed by atoms with Crippen molar-refractivity contribution in [2.45, 2.75) is 25.4 Å². The van der Waals surface area contributed by atoms with Crippen LogP contribution in [-0.4, -0.2) is 17.2 Å². The van der Waals surface area contributed by atoms with Crippen molar-refractivity contribution < 1.29 is 14.6 Å². The zero-order chi connectivity index (χ0) is 19.7. The number of anilines is 2. The van der Waals surface area contributed by atoms with Gasteiger partial charge in [0, 0.05) is 16.8 Å². The molecule has 1 saturated carbocycles. The van der Waals surface area contributed by atoms with Gasteiger partial charge in [0.2, 0.25) is 0 Å². The SMILES string of the molecule is N#Cc1cc(C(=O)O)c(Nc2ccc3cc(Cl)ccc3c2)cc1OC1CCC1. The minimum absolute atomic E-state index is 0.0220. The Morgan fingerprint density at radius 2 is 1.89 bits per heavy atom. The van der Waals surface area contributed by atoms with Gasteiger partial charge in [-0.05, 0) is 60.4 Å². The molecule has 0 atom stereocenters. The predicted molar refractivity (Wildman–Crippen MR) is 109 cm³/mol. The number of carbonyl (C=O) groups is 1. The van der Waals surface area contributed by atoms with Gasteiger partial charge in [0.05, 0.1) is 22.9 Å². The number of fused-ring (bicyclic) bond motifs is 1. The van der Waals surface area contributed by atoms with Crippen LogP contribution in [0.15, 0.2) is 48.5 Å². The smallest absolute Gasteiger partial charge is 0.337 e. The number of carboxylic acids is 1. The zero-order valence-corrected chi connectivity index (χ0v) is 15.7. The quantitative estimate of drug-likeness (QED) is 0.578. The van der Waals surface area contributed by atoms with Crippen molar-refractivity contribution in [3.63, 3.8) is 0 Å². The molecular weight excluding hydrogens is 376 g/mol. The van der Waals surface area contributed by atoms with Crippen molar-refractivity contribution in [1.82, 2.24) is 0 Å². The van der Waals surface area contributed by atoms with Crippen LogP contribution in [0.2, 0.25) is 5.02 Å². The van der Waals surface area contributed by atoms with E-state index in [4.69, 9.17) is 16.3 Å². The van der Waals surface area contributed by atoms with Crippen LogP contribution in [0.3, 0.4) is 0 Å². The number of ether oxygens (including phenoxy) is 1. The molecule has 3 aromatic carbocycles. The first kappa shape index (κ1) is 18.1. The van der Waals surface area contributed by atoms with Gasteiger partial charge in [-0.2, -0.15) is 5.26 Å². The summed E-state index contributed by atoms with van der Waals surface area (Å²) in [5.74, 6) is -0.700. The minimum atomic E-state index is -1.11. The number of nitrogens with one attached hydrogen (secondary N) is 1. The molecule has 0 saturated heterocycles. The van der Waals surface area contributed by atoms with E-state index in [0.29, 0.717) is 16.5 Å². The number of rotatable bonds is 5. The zero-order valence-electron chi connectivity index (χ0n) is 14.9. The van der Waals surface area contributed by atoms with Crippen LogP contribution in [0.5, 0.6) is 5.75 Å². The summed E-state index contributed by atoms with van der Waals surface area (Å²) in [4.78, 5) is 11.7. The number of hydrogen-bond acceptors (Lipinski definition) is 4. The monoisotopic (exact) mass is 392 g/mol. The minimum Gasteiger partial charge on any atom is -0.489 e. The van der Waals surface area contributed by atoms with E-state index in [2.05, 4.69) is 5.32 Å². The van der Waals surface area contributed by atoms with Crippen molar-refractivity contribution in [2.24, 2.45) is 0 Å². The Kier molecular flexibility index (Phi) is 4.81. The summed E-state index contributed by atoms with van der Waals surface area (Å²) in [5.41, 5.74) is 1.36. The molecule has 0 spiro atoms. The molecule has 1 aliphatic carbocycles. The fraction of sp³-hybridized carbons (Fsp3) is 0.182. The van der Waals surface area contributed by atoms with Gasteiger partial charge in [-0.15, -0.1) is 0 Å². The number of halogens is 1. The van der Waals surface area contributed by atoms with Gasteiger partial charge in [0.15, 0.2) is 0 Å². The summed E-state index contributed by atoms with van der Waals surface area (Å²) in [6, 6.07) is 16.3. The highest BCUT2D eigenvalue weighted by Gasteiger charge is 2.23. The average molecular weight is 393 g/mol. The molecule has 2 N–H and O–H groups in total. The molecule has 0 aromatic heterocycles. The van der Waals surface area contributed by atoms with Crippen LogP contribution in [0.25, 0.3) is 10.8 Å². The van der Waals surface area contributed by atoms with Crippen LogP contribution < -0.4 is 10.1 Å². The number of nitrogens with zero attached hydrogens (tertiary/aromatic N) is 1. The van der Waals surface area contributed by atoms with Gasteiger partial charge in [0.1, 0.15) is 11.8 Å². The summed E-state index contributed by atoms with van der Waals surface area (Å²) >= 11 is 6.03. The van der Waals surface area contributed by atoms with Crippen molar-refractivity contribution in [1.29, 1.82) is 5.26 Å². The highest BCUT2D eigenvalue weighted by atomic mass is 35.5. The molecule has 0 heterocycles. The Balaban J connectivity index is 1.72. The van der Waals surface area contributed by atoms with Crippen LogP contribution in [0, 0.1) is 11.3 Å². The second-order valence-corrected chi connectivity index (χ2v) is 7.25.